The minimum absolute atomic E-state index is 0.0835. The number of hydrogen-bond donors (Lipinski definition) is 3. The van der Waals surface area contributed by atoms with Crippen molar-refractivity contribution < 1.29 is 46.6 Å². The number of aryl methyl sites for hydroxylation is 1. The average molecular weight is 790 g/mol. The molecule has 1 aromatic carbocycles. The Morgan fingerprint density at radius 1 is 0.981 bits per heavy atom. The Hall–Kier alpha value is -3.30. The lowest BCUT2D eigenvalue weighted by Gasteiger charge is -2.33. The highest BCUT2D eigenvalue weighted by Gasteiger charge is 2.65. The third kappa shape index (κ3) is 6.08. The van der Waals surface area contributed by atoms with E-state index in [9.17, 15) is 14.3 Å². The molecular weight excluding hydrogens is 760 g/mol. The second-order valence-electron chi connectivity index (χ2n) is 12.6. The van der Waals surface area contributed by atoms with E-state index in [1.54, 1.807) is 46.4 Å². The topological polar surface area (TPSA) is 218 Å². The molecule has 0 aliphatic carbocycles. The molecule has 19 nitrogen and oxygen atoms in total. The van der Waals surface area contributed by atoms with Crippen LogP contribution in [0.15, 0.2) is 55.6 Å². The van der Waals surface area contributed by atoms with Gasteiger partial charge in [-0.3, -0.25) is 27.5 Å². The van der Waals surface area contributed by atoms with Crippen molar-refractivity contribution in [2.75, 3.05) is 25.1 Å². The van der Waals surface area contributed by atoms with E-state index in [1.807, 2.05) is 0 Å². The van der Waals surface area contributed by atoms with Crippen LogP contribution in [0.25, 0.3) is 22.3 Å². The van der Waals surface area contributed by atoms with Crippen LogP contribution < -0.4 is 5.32 Å². The summed E-state index contributed by atoms with van der Waals surface area (Å²) in [5, 5.41) is 2.77. The summed E-state index contributed by atoms with van der Waals surface area (Å²) in [6.45, 7) is -6.98. The maximum absolute atomic E-state index is 13.9. The lowest BCUT2D eigenvalue weighted by Crippen LogP contribution is -2.45. The van der Waals surface area contributed by atoms with Gasteiger partial charge in [0.2, 0.25) is 0 Å². The van der Waals surface area contributed by atoms with Crippen LogP contribution >= 0.6 is 25.8 Å². The first kappa shape index (κ1) is 34.5. The molecule has 1 amide bonds. The summed E-state index contributed by atoms with van der Waals surface area (Å²) in [7, 11) is 0. The number of fused-ring (bicyclic) bond motifs is 4. The fraction of sp³-hybridized carbons (Fsp3) is 0.414. The number of nitrogens with one attached hydrogen (secondary N) is 1. The maximum atomic E-state index is 13.9. The van der Waals surface area contributed by atoms with Crippen molar-refractivity contribution in [3.8, 4) is 0 Å². The quantitative estimate of drug-likeness (QED) is 0.176. The van der Waals surface area contributed by atoms with E-state index in [4.69, 9.17) is 44.1 Å². The van der Waals surface area contributed by atoms with E-state index in [0.717, 1.165) is 0 Å². The molecule has 0 saturated carbocycles. The van der Waals surface area contributed by atoms with Gasteiger partial charge in [-0.05, 0) is 30.9 Å². The summed E-state index contributed by atoms with van der Waals surface area (Å²) < 4.78 is 60.0. The van der Waals surface area contributed by atoms with Crippen LogP contribution in [0.5, 0.6) is 0 Å². The Kier molecular flexibility index (Phi) is 8.57. The summed E-state index contributed by atoms with van der Waals surface area (Å²) in [5.41, 5.74) is 1.26. The molecule has 8 heterocycles. The lowest BCUT2D eigenvalue weighted by atomic mass is 10.0. The van der Waals surface area contributed by atoms with Crippen LogP contribution in [0.3, 0.4) is 0 Å². The van der Waals surface area contributed by atoms with E-state index in [2.05, 4.69) is 47.5 Å². The highest BCUT2D eigenvalue weighted by atomic mass is 32.7. The fourth-order valence-corrected chi connectivity index (χ4v) is 9.82. The number of carbonyl (C=O) groups is 1. The molecule has 23 heteroatoms. The van der Waals surface area contributed by atoms with E-state index in [0.29, 0.717) is 28.1 Å². The SMILES string of the molecule is Cc1ncnc2c1ncn2[C@@H]1O[C@@H]2COP(O)(=S)O[C@H]3[C@H]4OC[C@]3(COP(=O)(S)O[C@@H]1C2)O[C@H]4n1cnc2c(NC(=O)c3ccccc3)ncnc21. The molecule has 0 spiro atoms. The number of imidazole rings is 2. The predicted molar refractivity (Wildman–Crippen MR) is 186 cm³/mol. The highest BCUT2D eigenvalue weighted by molar-refractivity contribution is 8.44. The van der Waals surface area contributed by atoms with Crippen LogP contribution in [0, 0.1) is 6.92 Å². The zero-order chi connectivity index (χ0) is 35.8. The van der Waals surface area contributed by atoms with Gasteiger partial charge in [0.05, 0.1) is 44.3 Å². The van der Waals surface area contributed by atoms with Gasteiger partial charge in [0.25, 0.3) is 5.91 Å². The van der Waals surface area contributed by atoms with Crippen molar-refractivity contribution in [2.45, 2.75) is 55.8 Å². The lowest BCUT2D eigenvalue weighted by molar-refractivity contribution is -0.182. The minimum Gasteiger partial charge on any atom is -0.367 e. The van der Waals surface area contributed by atoms with Crippen LogP contribution in [-0.4, -0.2) is 99.7 Å². The zero-order valence-corrected chi connectivity index (χ0v) is 30.4. The molecule has 2 unspecified atom stereocenters. The van der Waals surface area contributed by atoms with Crippen molar-refractivity contribution in [1.29, 1.82) is 0 Å². The van der Waals surface area contributed by atoms with Gasteiger partial charge in [-0.15, -0.1) is 0 Å². The molecule has 4 aliphatic rings. The summed E-state index contributed by atoms with van der Waals surface area (Å²) in [5.74, 6) is -0.206. The van der Waals surface area contributed by atoms with Crippen molar-refractivity contribution in [3.63, 3.8) is 0 Å². The third-order valence-corrected chi connectivity index (χ3v) is 12.4. The molecule has 2 N–H and O–H groups in total. The molecule has 9 atom stereocenters. The number of rotatable bonds is 4. The van der Waals surface area contributed by atoms with Gasteiger partial charge in [0, 0.05) is 12.0 Å². The number of benzene rings is 1. The van der Waals surface area contributed by atoms with Gasteiger partial charge in [-0.1, -0.05) is 30.4 Å². The first-order valence-corrected chi connectivity index (χ1v) is 21.2. The molecule has 272 valence electrons. The predicted octanol–water partition coefficient (Wildman–Crippen LogP) is 3.25. The maximum Gasteiger partial charge on any atom is 0.386 e. The van der Waals surface area contributed by atoms with Crippen LogP contribution in [0.2, 0.25) is 0 Å². The van der Waals surface area contributed by atoms with Gasteiger partial charge in [-0.25, -0.2) is 34.5 Å². The molecule has 4 aliphatic heterocycles. The number of aromatic nitrogens is 8. The fourth-order valence-electron chi connectivity index (χ4n) is 6.84. The highest BCUT2D eigenvalue weighted by Crippen LogP contribution is 2.61. The molecule has 4 fully saturated rings. The molecule has 9 rings (SSSR count). The Morgan fingerprint density at radius 2 is 1.71 bits per heavy atom. The summed E-state index contributed by atoms with van der Waals surface area (Å²) >= 11 is 9.80. The van der Waals surface area contributed by atoms with Gasteiger partial charge in [0.1, 0.15) is 42.1 Å². The Bertz CT molecular complexity index is 2300. The molecule has 5 aromatic rings. The molecule has 52 heavy (non-hydrogen) atoms. The van der Waals surface area contributed by atoms with Crippen LogP contribution in [0.4, 0.5) is 5.82 Å². The number of nitrogens with zero attached hydrogens (tertiary/aromatic N) is 8. The largest absolute Gasteiger partial charge is 0.386 e. The van der Waals surface area contributed by atoms with E-state index < -0.39 is 62.6 Å². The number of hydrogen-bond acceptors (Lipinski definition) is 16. The molecular formula is C29H29N9O10P2S2. The van der Waals surface area contributed by atoms with Crippen molar-refractivity contribution >= 4 is 71.6 Å². The molecule has 4 bridgehead atoms. The van der Waals surface area contributed by atoms with Crippen molar-refractivity contribution in [2.24, 2.45) is 0 Å². The standard InChI is InChI=1S/C29H29N9O10P2S2/c1-15-19-24(32-11-30-15)37(13-34-19)27-18-7-17(45-27)8-43-49(40,51)48-22-21-28(46-29(22,9-42-21)10-44-50(41,52)47-18)38-14-35-20-23(31-12-33-25(20)38)36-26(39)16-5-3-2-4-6-16/h2-6,11-14,17-18,21-22,27-28H,7-10H2,1H3,(H,40,51)(H,41,52)(H,31,33,36,39)/t17-,18+,21+,22-,27+,28+,29+,49?,50?/m0/s1. The van der Waals surface area contributed by atoms with Gasteiger partial charge in [0.15, 0.2) is 35.1 Å². The van der Waals surface area contributed by atoms with Crippen LogP contribution in [-0.2, 0) is 48.7 Å². The Labute approximate surface area is 304 Å². The summed E-state index contributed by atoms with van der Waals surface area (Å²) in [6, 6.07) is 8.65. The van der Waals surface area contributed by atoms with E-state index >= 15 is 0 Å². The number of carbonyl (C=O) groups excluding carboxylic acids is 1. The summed E-state index contributed by atoms with van der Waals surface area (Å²) in [6.07, 6.45) is 0.532. The van der Waals surface area contributed by atoms with Gasteiger partial charge in [-0.2, -0.15) is 0 Å². The van der Waals surface area contributed by atoms with Crippen molar-refractivity contribution in [3.05, 3.63) is 66.9 Å². The minimum atomic E-state index is -4.13. The number of amides is 1. The first-order chi connectivity index (χ1) is 25.0. The Morgan fingerprint density at radius 3 is 2.52 bits per heavy atom. The normalized spacial score (nSPS) is 34.8. The monoisotopic (exact) mass is 789 g/mol. The van der Waals surface area contributed by atoms with Gasteiger partial charge < -0.3 is 28.9 Å². The average Bonchev–Trinajstić information content (AvgIpc) is 3.95. The molecule has 0 radical (unpaired) electrons. The zero-order valence-electron chi connectivity index (χ0n) is 26.9. The second kappa shape index (κ2) is 12.9. The van der Waals surface area contributed by atoms with Gasteiger partial charge >= 0.3 is 13.5 Å². The van der Waals surface area contributed by atoms with Crippen molar-refractivity contribution in [1.82, 2.24) is 39.0 Å². The number of ether oxygens (including phenoxy) is 3. The van der Waals surface area contributed by atoms with E-state index in [1.165, 1.54) is 25.3 Å². The number of thiol groups is 1. The smallest absolute Gasteiger partial charge is 0.367 e. The molecule has 4 saturated heterocycles. The van der Waals surface area contributed by atoms with Crippen LogP contribution in [0.1, 0.15) is 34.9 Å². The number of anilines is 1. The second-order valence-corrected chi connectivity index (χ2v) is 18.2. The summed E-state index contributed by atoms with van der Waals surface area (Å²) in [4.78, 5) is 50.3. The first-order valence-electron chi connectivity index (χ1n) is 15.9. The third-order valence-electron chi connectivity index (χ3n) is 9.25. The molecule has 4 aromatic heterocycles. The van der Waals surface area contributed by atoms with E-state index in [-0.39, 0.29) is 36.9 Å². The Balaban J connectivity index is 1.01.